The molecule has 0 bridgehead atoms. The number of carbonyl (C=O) groups excluding carboxylic acids is 3. The van der Waals surface area contributed by atoms with E-state index in [0.717, 1.165) is 29.5 Å². The number of furan rings is 1. The zero-order chi connectivity index (χ0) is 19.2. The number of fused-ring (bicyclic) bond motifs is 1. The van der Waals surface area contributed by atoms with Gasteiger partial charge in [-0.1, -0.05) is 18.2 Å². The first-order chi connectivity index (χ1) is 12.9. The van der Waals surface area contributed by atoms with E-state index in [4.69, 9.17) is 4.42 Å². The summed E-state index contributed by atoms with van der Waals surface area (Å²) in [4.78, 5) is 40.9. The lowest BCUT2D eigenvalue weighted by molar-refractivity contribution is -0.141. The standard InChI is InChI=1S/C20H23N3O4/c1-13-7-5-6-10-22(13)17(24)12-23-18(25)20(2,21-19(23)26)16-11-14-8-3-4-9-15(14)27-16/h3-4,8-9,11,13H,5-7,10,12H2,1-2H3,(H,21,26)/t13-,20+/m1/s1. The van der Waals surface area contributed by atoms with Crippen LogP contribution in [0.25, 0.3) is 11.0 Å². The molecule has 4 amide bonds. The predicted molar refractivity (Wildman–Crippen MR) is 98.8 cm³/mol. The van der Waals surface area contributed by atoms with Gasteiger partial charge >= 0.3 is 6.03 Å². The molecular weight excluding hydrogens is 346 g/mol. The molecule has 1 N–H and O–H groups in total. The molecule has 142 valence electrons. The summed E-state index contributed by atoms with van der Waals surface area (Å²) in [5.74, 6) is -0.299. The lowest BCUT2D eigenvalue weighted by Gasteiger charge is -2.34. The van der Waals surface area contributed by atoms with Crippen molar-refractivity contribution in [1.29, 1.82) is 0 Å². The lowest BCUT2D eigenvalue weighted by atomic mass is 9.98. The Bertz CT molecular complexity index is 888. The number of hydrogen-bond acceptors (Lipinski definition) is 4. The van der Waals surface area contributed by atoms with Gasteiger partial charge in [0.2, 0.25) is 5.91 Å². The summed E-state index contributed by atoms with van der Waals surface area (Å²) in [5.41, 5.74) is -0.670. The monoisotopic (exact) mass is 369 g/mol. The molecule has 0 unspecified atom stereocenters. The molecule has 0 saturated carbocycles. The van der Waals surface area contributed by atoms with Crippen LogP contribution in [0.5, 0.6) is 0 Å². The second-order valence-corrected chi connectivity index (χ2v) is 7.53. The third-order valence-electron chi connectivity index (χ3n) is 5.61. The molecule has 0 radical (unpaired) electrons. The van der Waals surface area contributed by atoms with Crippen LogP contribution in [0.4, 0.5) is 4.79 Å². The number of piperidine rings is 1. The summed E-state index contributed by atoms with van der Waals surface area (Å²) in [6.45, 7) is 4.04. The second-order valence-electron chi connectivity index (χ2n) is 7.53. The van der Waals surface area contributed by atoms with E-state index >= 15 is 0 Å². The van der Waals surface area contributed by atoms with Crippen molar-refractivity contribution in [2.45, 2.75) is 44.7 Å². The van der Waals surface area contributed by atoms with Crippen LogP contribution in [0.3, 0.4) is 0 Å². The van der Waals surface area contributed by atoms with E-state index in [1.807, 2.05) is 31.2 Å². The highest BCUT2D eigenvalue weighted by Crippen LogP contribution is 2.33. The summed E-state index contributed by atoms with van der Waals surface area (Å²) < 4.78 is 5.80. The third-order valence-corrected chi connectivity index (χ3v) is 5.61. The van der Waals surface area contributed by atoms with Crippen molar-refractivity contribution in [1.82, 2.24) is 15.1 Å². The minimum atomic E-state index is -1.32. The molecule has 0 spiro atoms. The van der Waals surface area contributed by atoms with E-state index in [1.54, 1.807) is 17.9 Å². The number of hydrogen-bond donors (Lipinski definition) is 1. The first kappa shape index (κ1) is 17.6. The van der Waals surface area contributed by atoms with Crippen molar-refractivity contribution in [2.24, 2.45) is 0 Å². The van der Waals surface area contributed by atoms with Crippen LogP contribution in [0.1, 0.15) is 38.9 Å². The van der Waals surface area contributed by atoms with Crippen molar-refractivity contribution < 1.29 is 18.8 Å². The molecule has 1 aromatic carbocycles. The van der Waals surface area contributed by atoms with Gasteiger partial charge in [-0.15, -0.1) is 0 Å². The third kappa shape index (κ3) is 2.87. The maximum atomic E-state index is 13.0. The lowest BCUT2D eigenvalue weighted by Crippen LogP contribution is -2.48. The Labute approximate surface area is 157 Å². The number of urea groups is 1. The Kier molecular flexibility index (Phi) is 4.17. The molecule has 3 heterocycles. The van der Waals surface area contributed by atoms with Gasteiger partial charge < -0.3 is 14.6 Å². The van der Waals surface area contributed by atoms with Gasteiger partial charge in [0.15, 0.2) is 5.54 Å². The smallest absolute Gasteiger partial charge is 0.325 e. The zero-order valence-corrected chi connectivity index (χ0v) is 15.5. The van der Waals surface area contributed by atoms with Gasteiger partial charge in [0.25, 0.3) is 5.91 Å². The molecule has 7 nitrogen and oxygen atoms in total. The number of rotatable bonds is 3. The van der Waals surface area contributed by atoms with Crippen molar-refractivity contribution in [3.05, 3.63) is 36.1 Å². The summed E-state index contributed by atoms with van der Waals surface area (Å²) in [6.07, 6.45) is 2.99. The van der Waals surface area contributed by atoms with Crippen LogP contribution in [0.15, 0.2) is 34.7 Å². The van der Waals surface area contributed by atoms with E-state index in [-0.39, 0.29) is 18.5 Å². The van der Waals surface area contributed by atoms with Gasteiger partial charge in [-0.05, 0) is 45.2 Å². The van der Waals surface area contributed by atoms with Crippen LogP contribution < -0.4 is 5.32 Å². The number of benzene rings is 1. The number of amides is 4. The van der Waals surface area contributed by atoms with Crippen LogP contribution >= 0.6 is 0 Å². The van der Waals surface area contributed by atoms with Crippen LogP contribution in [0, 0.1) is 0 Å². The molecule has 4 rings (SSSR count). The number of imide groups is 1. The average molecular weight is 369 g/mol. The van der Waals surface area contributed by atoms with Crippen LogP contribution in [-0.4, -0.2) is 46.8 Å². The van der Waals surface area contributed by atoms with Crippen LogP contribution in [0.2, 0.25) is 0 Å². The largest absolute Gasteiger partial charge is 0.458 e. The number of para-hydroxylation sites is 1. The Morgan fingerprint density at radius 3 is 2.81 bits per heavy atom. The summed E-state index contributed by atoms with van der Waals surface area (Å²) in [5, 5.41) is 3.55. The molecule has 2 aromatic rings. The Morgan fingerprint density at radius 2 is 2.07 bits per heavy atom. The summed E-state index contributed by atoms with van der Waals surface area (Å²) in [6, 6.07) is 8.73. The molecule has 2 fully saturated rings. The molecule has 27 heavy (non-hydrogen) atoms. The molecule has 2 saturated heterocycles. The Morgan fingerprint density at radius 1 is 1.30 bits per heavy atom. The normalized spacial score (nSPS) is 25.9. The highest BCUT2D eigenvalue weighted by molar-refractivity contribution is 6.09. The van der Waals surface area contributed by atoms with E-state index < -0.39 is 17.5 Å². The quantitative estimate of drug-likeness (QED) is 0.843. The van der Waals surface area contributed by atoms with Crippen molar-refractivity contribution in [3.8, 4) is 0 Å². The van der Waals surface area contributed by atoms with Crippen molar-refractivity contribution in [2.75, 3.05) is 13.1 Å². The van der Waals surface area contributed by atoms with Crippen molar-refractivity contribution >= 4 is 28.8 Å². The zero-order valence-electron chi connectivity index (χ0n) is 15.5. The fourth-order valence-electron chi connectivity index (χ4n) is 3.93. The molecule has 2 aliphatic rings. The van der Waals surface area contributed by atoms with Gasteiger partial charge in [-0.3, -0.25) is 14.5 Å². The Hall–Kier alpha value is -2.83. The fourth-order valence-corrected chi connectivity index (χ4v) is 3.93. The maximum absolute atomic E-state index is 13.0. The van der Waals surface area contributed by atoms with Crippen molar-refractivity contribution in [3.63, 3.8) is 0 Å². The topological polar surface area (TPSA) is 82.9 Å². The number of nitrogens with zero attached hydrogens (tertiary/aromatic N) is 2. The van der Waals surface area contributed by atoms with Gasteiger partial charge in [0.05, 0.1) is 0 Å². The molecule has 7 heteroatoms. The summed E-state index contributed by atoms with van der Waals surface area (Å²) in [7, 11) is 0. The highest BCUT2D eigenvalue weighted by Gasteiger charge is 2.52. The minimum absolute atomic E-state index is 0.133. The second kappa shape index (κ2) is 6.40. The molecule has 1 aromatic heterocycles. The maximum Gasteiger partial charge on any atom is 0.325 e. The predicted octanol–water partition coefficient (Wildman–Crippen LogP) is 2.60. The van der Waals surface area contributed by atoms with E-state index in [9.17, 15) is 14.4 Å². The van der Waals surface area contributed by atoms with E-state index in [1.165, 1.54) is 0 Å². The summed E-state index contributed by atoms with van der Waals surface area (Å²) >= 11 is 0. The minimum Gasteiger partial charge on any atom is -0.458 e. The molecule has 2 aliphatic heterocycles. The average Bonchev–Trinajstić information content (AvgIpc) is 3.18. The van der Waals surface area contributed by atoms with E-state index in [0.29, 0.717) is 17.9 Å². The Balaban J connectivity index is 1.56. The number of likely N-dealkylation sites (tertiary alicyclic amines) is 1. The molecule has 0 aliphatic carbocycles. The van der Waals surface area contributed by atoms with Gasteiger partial charge in [0, 0.05) is 18.0 Å². The van der Waals surface area contributed by atoms with Gasteiger partial charge in [0.1, 0.15) is 17.9 Å². The SMILES string of the molecule is C[C@@H]1CCCCN1C(=O)CN1C(=O)N[C@@](C)(c2cc3ccccc3o2)C1=O. The van der Waals surface area contributed by atoms with Crippen LogP contribution in [-0.2, 0) is 15.1 Å². The first-order valence-corrected chi connectivity index (χ1v) is 9.33. The number of carbonyl (C=O) groups is 3. The van der Waals surface area contributed by atoms with Gasteiger partial charge in [-0.25, -0.2) is 4.79 Å². The fraction of sp³-hybridized carbons (Fsp3) is 0.450. The van der Waals surface area contributed by atoms with Gasteiger partial charge in [-0.2, -0.15) is 0 Å². The molecular formula is C20H23N3O4. The van der Waals surface area contributed by atoms with E-state index in [2.05, 4.69) is 5.32 Å². The number of nitrogens with one attached hydrogen (secondary N) is 1. The molecule has 2 atom stereocenters. The highest BCUT2D eigenvalue weighted by atomic mass is 16.3. The first-order valence-electron chi connectivity index (χ1n) is 9.33.